The number of carbonyl (C=O) groups is 1. The maximum Gasteiger partial charge on any atom is 0.200 e. The fourth-order valence-electron chi connectivity index (χ4n) is 3.43. The van der Waals surface area contributed by atoms with Gasteiger partial charge < -0.3 is 10.3 Å². The predicted octanol–water partition coefficient (Wildman–Crippen LogP) is 4.30. The van der Waals surface area contributed by atoms with E-state index < -0.39 is 5.54 Å². The van der Waals surface area contributed by atoms with Crippen LogP contribution in [0, 0.1) is 0 Å². The van der Waals surface area contributed by atoms with Gasteiger partial charge >= 0.3 is 0 Å². The van der Waals surface area contributed by atoms with E-state index in [1.165, 1.54) is 0 Å². The van der Waals surface area contributed by atoms with Crippen LogP contribution >= 0.6 is 0 Å². The zero-order valence-electron chi connectivity index (χ0n) is 13.3. The molecule has 1 aliphatic heterocycles. The zero-order valence-corrected chi connectivity index (χ0v) is 13.3. The molecule has 0 unspecified atom stereocenters. The maximum absolute atomic E-state index is 13.4. The minimum atomic E-state index is -0.912. The Kier molecular flexibility index (Phi) is 3.35. The largest absolute Gasteiger partial charge is 0.363 e. The van der Waals surface area contributed by atoms with Crippen molar-refractivity contribution in [2.24, 2.45) is 0 Å². The first kappa shape index (κ1) is 14.5. The normalized spacial score (nSPS) is 18.9. The lowest BCUT2D eigenvalue weighted by molar-refractivity contribution is 0.0939. The Hall–Kier alpha value is -3.07. The van der Waals surface area contributed by atoms with Crippen molar-refractivity contribution in [1.82, 2.24) is 4.98 Å². The van der Waals surface area contributed by atoms with Gasteiger partial charge in [0.25, 0.3) is 0 Å². The number of H-pyrrole nitrogens is 1. The van der Waals surface area contributed by atoms with Crippen molar-refractivity contribution in [2.45, 2.75) is 12.0 Å². The highest BCUT2D eigenvalue weighted by atomic mass is 16.1. The molecule has 3 aromatic rings. The number of Topliss-reactive ketones (excluding diaryl/α,β-unsaturated/α-hetero) is 1. The number of allylic oxidation sites excluding steroid dienone is 1. The molecule has 2 heterocycles. The van der Waals surface area contributed by atoms with Crippen LogP contribution in [0.1, 0.15) is 27.2 Å². The Balaban J connectivity index is 1.92. The summed E-state index contributed by atoms with van der Waals surface area (Å²) < 4.78 is 0. The van der Waals surface area contributed by atoms with E-state index in [2.05, 4.69) is 16.9 Å². The van der Waals surface area contributed by atoms with Gasteiger partial charge in [0.1, 0.15) is 0 Å². The van der Waals surface area contributed by atoms with E-state index in [1.807, 2.05) is 72.9 Å². The number of fused-ring (bicyclic) bond motifs is 1. The molecule has 0 aliphatic carbocycles. The molecule has 1 aliphatic rings. The Morgan fingerprint density at radius 3 is 2.54 bits per heavy atom. The molecule has 2 N–H and O–H groups in total. The Bertz CT molecular complexity index is 910. The number of aromatic amines is 1. The number of carbonyl (C=O) groups excluding carboxylic acids is 1. The van der Waals surface area contributed by atoms with Gasteiger partial charge in [-0.15, -0.1) is 6.58 Å². The number of rotatable bonds is 4. The van der Waals surface area contributed by atoms with Crippen LogP contribution in [-0.4, -0.2) is 10.8 Å². The standard InChI is InChI=1S/C21H18N2O/c1-2-8-15-13-19(22-14-15)21(16-9-4-3-5-10-16)20(24)17-11-6-7-12-18(17)23-21/h2-7,9-14,22-23H,1,8H2/t21-/m1/s1. The van der Waals surface area contributed by atoms with Crippen molar-refractivity contribution in [2.75, 3.05) is 5.32 Å². The summed E-state index contributed by atoms with van der Waals surface area (Å²) in [6.45, 7) is 3.79. The third-order valence-electron chi connectivity index (χ3n) is 4.57. The van der Waals surface area contributed by atoms with Gasteiger partial charge in [0.15, 0.2) is 5.54 Å². The summed E-state index contributed by atoms with van der Waals surface area (Å²) in [5, 5.41) is 3.48. The summed E-state index contributed by atoms with van der Waals surface area (Å²) in [5.41, 5.74) is 3.57. The van der Waals surface area contributed by atoms with Crippen molar-refractivity contribution in [1.29, 1.82) is 0 Å². The van der Waals surface area contributed by atoms with Crippen LogP contribution in [0.15, 0.2) is 79.5 Å². The number of para-hydroxylation sites is 1. The quantitative estimate of drug-likeness (QED) is 0.705. The SMILES string of the molecule is C=CCc1c[nH]c([C@@]2(c3ccccc3)Nc3ccccc3C2=O)c1. The lowest BCUT2D eigenvalue weighted by atomic mass is 9.82. The Morgan fingerprint density at radius 2 is 1.79 bits per heavy atom. The first-order chi connectivity index (χ1) is 11.8. The second-order valence-electron chi connectivity index (χ2n) is 6.03. The van der Waals surface area contributed by atoms with Crippen LogP contribution in [-0.2, 0) is 12.0 Å². The lowest BCUT2D eigenvalue weighted by Gasteiger charge is -2.28. The Labute approximate surface area is 141 Å². The molecule has 24 heavy (non-hydrogen) atoms. The summed E-state index contributed by atoms with van der Waals surface area (Å²) in [4.78, 5) is 16.7. The minimum absolute atomic E-state index is 0.0660. The van der Waals surface area contributed by atoms with E-state index in [-0.39, 0.29) is 5.78 Å². The summed E-state index contributed by atoms with van der Waals surface area (Å²) >= 11 is 0. The molecule has 3 nitrogen and oxygen atoms in total. The van der Waals surface area contributed by atoms with Gasteiger partial charge in [-0.1, -0.05) is 48.5 Å². The van der Waals surface area contributed by atoms with Gasteiger partial charge in [-0.05, 0) is 35.7 Å². The van der Waals surface area contributed by atoms with Crippen LogP contribution in [0.3, 0.4) is 0 Å². The molecular weight excluding hydrogens is 296 g/mol. The molecule has 0 bridgehead atoms. The number of ketones is 1. The van der Waals surface area contributed by atoms with Crippen LogP contribution in [0.4, 0.5) is 5.69 Å². The van der Waals surface area contributed by atoms with Gasteiger partial charge in [-0.3, -0.25) is 4.79 Å². The van der Waals surface area contributed by atoms with E-state index in [0.717, 1.165) is 34.5 Å². The third kappa shape index (κ3) is 2.02. The van der Waals surface area contributed by atoms with Crippen molar-refractivity contribution in [3.05, 3.63) is 102 Å². The second-order valence-corrected chi connectivity index (χ2v) is 6.03. The van der Waals surface area contributed by atoms with Crippen LogP contribution in [0.5, 0.6) is 0 Å². The molecule has 3 heteroatoms. The predicted molar refractivity (Wildman–Crippen MR) is 96.3 cm³/mol. The van der Waals surface area contributed by atoms with Crippen molar-refractivity contribution in [3.63, 3.8) is 0 Å². The van der Waals surface area contributed by atoms with Crippen LogP contribution in [0.25, 0.3) is 0 Å². The van der Waals surface area contributed by atoms with E-state index in [9.17, 15) is 4.79 Å². The van der Waals surface area contributed by atoms with Crippen molar-refractivity contribution in [3.8, 4) is 0 Å². The topological polar surface area (TPSA) is 44.9 Å². The van der Waals surface area contributed by atoms with Gasteiger partial charge in [0.2, 0.25) is 5.78 Å². The van der Waals surface area contributed by atoms with E-state index in [4.69, 9.17) is 0 Å². The summed E-state index contributed by atoms with van der Waals surface area (Å²) in [7, 11) is 0. The van der Waals surface area contributed by atoms with Gasteiger partial charge in [0.05, 0.1) is 5.69 Å². The third-order valence-corrected chi connectivity index (χ3v) is 4.57. The number of benzene rings is 2. The average molecular weight is 314 g/mol. The lowest BCUT2D eigenvalue weighted by Crippen LogP contribution is -2.40. The molecule has 0 saturated carbocycles. The molecule has 0 fully saturated rings. The highest BCUT2D eigenvalue weighted by Gasteiger charge is 2.49. The zero-order chi connectivity index (χ0) is 16.6. The van der Waals surface area contributed by atoms with E-state index >= 15 is 0 Å². The van der Waals surface area contributed by atoms with Gasteiger partial charge in [0, 0.05) is 17.4 Å². The fraction of sp³-hybridized carbons (Fsp3) is 0.0952. The molecule has 1 atom stereocenters. The minimum Gasteiger partial charge on any atom is -0.363 e. The Morgan fingerprint density at radius 1 is 1.04 bits per heavy atom. The van der Waals surface area contributed by atoms with Crippen LogP contribution < -0.4 is 5.32 Å². The number of hydrogen-bond acceptors (Lipinski definition) is 2. The molecule has 0 saturated heterocycles. The first-order valence-electron chi connectivity index (χ1n) is 8.02. The maximum atomic E-state index is 13.4. The summed E-state index contributed by atoms with van der Waals surface area (Å²) in [5.74, 6) is 0.0660. The summed E-state index contributed by atoms with van der Waals surface area (Å²) in [6, 6.07) is 19.6. The van der Waals surface area contributed by atoms with Gasteiger partial charge in [-0.25, -0.2) is 0 Å². The molecule has 0 radical (unpaired) electrons. The van der Waals surface area contributed by atoms with E-state index in [1.54, 1.807) is 0 Å². The smallest absolute Gasteiger partial charge is 0.200 e. The molecule has 1 aromatic heterocycles. The molecule has 118 valence electrons. The number of anilines is 1. The van der Waals surface area contributed by atoms with Crippen molar-refractivity contribution < 1.29 is 4.79 Å². The highest BCUT2D eigenvalue weighted by Crippen LogP contribution is 2.43. The molecular formula is C21H18N2O. The highest BCUT2D eigenvalue weighted by molar-refractivity contribution is 6.15. The van der Waals surface area contributed by atoms with E-state index in [0.29, 0.717) is 0 Å². The molecule has 0 spiro atoms. The summed E-state index contributed by atoms with van der Waals surface area (Å²) in [6.07, 6.45) is 4.57. The fourth-order valence-corrected chi connectivity index (χ4v) is 3.43. The molecule has 2 aromatic carbocycles. The molecule has 4 rings (SSSR count). The second kappa shape index (κ2) is 5.53. The number of aromatic nitrogens is 1. The first-order valence-corrected chi connectivity index (χ1v) is 8.02. The van der Waals surface area contributed by atoms with Gasteiger partial charge in [-0.2, -0.15) is 0 Å². The molecule has 0 amide bonds. The number of nitrogens with one attached hydrogen (secondary N) is 2. The van der Waals surface area contributed by atoms with Crippen LogP contribution in [0.2, 0.25) is 0 Å². The monoisotopic (exact) mass is 314 g/mol. The average Bonchev–Trinajstić information content (AvgIpc) is 3.20. The van der Waals surface area contributed by atoms with Crippen molar-refractivity contribution >= 4 is 11.5 Å². The number of hydrogen-bond donors (Lipinski definition) is 2.